The van der Waals surface area contributed by atoms with E-state index < -0.39 is 19.5 Å². The number of hydrogen-bond donors (Lipinski definition) is 0. The summed E-state index contributed by atoms with van der Waals surface area (Å²) < 4.78 is 23.9. The van der Waals surface area contributed by atoms with Gasteiger partial charge in [-0.15, -0.1) is 0 Å². The van der Waals surface area contributed by atoms with Crippen molar-refractivity contribution in [2.24, 2.45) is 0 Å². The monoisotopic (exact) mass is 388 g/mol. The molecule has 0 aliphatic rings. The van der Waals surface area contributed by atoms with Gasteiger partial charge in [0.15, 0.2) is 0 Å². The van der Waals surface area contributed by atoms with Crippen molar-refractivity contribution < 1.29 is 12.6 Å². The summed E-state index contributed by atoms with van der Waals surface area (Å²) in [5.74, 6) is 1.66. The molecular formula is C16H18O3Te. The van der Waals surface area contributed by atoms with Crippen molar-refractivity contribution in [3.8, 4) is 11.5 Å². The molecule has 20 heavy (non-hydrogen) atoms. The minimum absolute atomic E-state index is 0.694. The summed E-state index contributed by atoms with van der Waals surface area (Å²) >= 11 is -2.35. The Bertz CT molecular complexity index is 510. The van der Waals surface area contributed by atoms with Crippen LogP contribution < -0.4 is 9.47 Å². The van der Waals surface area contributed by atoms with Crippen LogP contribution in [0.4, 0.5) is 0 Å². The number of methoxy groups -OCH3 is 2. The maximum atomic E-state index is 12.3. The summed E-state index contributed by atoms with van der Waals surface area (Å²) in [6.45, 7) is 0. The van der Waals surface area contributed by atoms with Crippen LogP contribution in [-0.4, -0.2) is 33.8 Å². The zero-order valence-corrected chi connectivity index (χ0v) is 14.0. The maximum absolute atomic E-state index is 12.3. The first-order chi connectivity index (χ1) is 9.71. The second-order valence-electron chi connectivity index (χ2n) is 4.42. The molecule has 0 unspecified atom stereocenters. The molecule has 2 aromatic rings. The van der Waals surface area contributed by atoms with Gasteiger partial charge in [0.25, 0.3) is 0 Å². The molecule has 0 aliphatic carbocycles. The van der Waals surface area contributed by atoms with Gasteiger partial charge in [0, 0.05) is 0 Å². The molecule has 0 heterocycles. The standard InChI is InChI=1S/C16H18O3Te/c1-18-15-7-3-13(4-8-15)11-20(17)12-14-5-9-16(19-2)10-6-14/h3-10H,11-12H2,1-2H3. The second kappa shape index (κ2) is 7.42. The average Bonchev–Trinajstić information content (AvgIpc) is 2.49. The summed E-state index contributed by atoms with van der Waals surface area (Å²) in [7, 11) is 3.29. The van der Waals surface area contributed by atoms with E-state index in [-0.39, 0.29) is 0 Å². The zero-order chi connectivity index (χ0) is 14.4. The van der Waals surface area contributed by atoms with Crippen LogP contribution in [0.5, 0.6) is 11.5 Å². The molecule has 0 radical (unpaired) electrons. The molecule has 0 aromatic heterocycles. The first-order valence-corrected chi connectivity index (χ1v) is 10.6. The molecule has 0 aliphatic heterocycles. The van der Waals surface area contributed by atoms with Gasteiger partial charge in [-0.05, 0) is 0 Å². The van der Waals surface area contributed by atoms with Crippen LogP contribution in [0.1, 0.15) is 11.1 Å². The van der Waals surface area contributed by atoms with Crippen molar-refractivity contribution in [1.82, 2.24) is 0 Å². The fourth-order valence-corrected chi connectivity index (χ4v) is 5.38. The van der Waals surface area contributed by atoms with Crippen LogP contribution in [0.25, 0.3) is 0 Å². The number of ether oxygens (including phenoxy) is 2. The fraction of sp³-hybridized carbons (Fsp3) is 0.250. The molecule has 4 heteroatoms. The molecule has 0 fully saturated rings. The first-order valence-electron chi connectivity index (χ1n) is 6.32. The summed E-state index contributed by atoms with van der Waals surface area (Å²) in [6, 6.07) is 15.6. The van der Waals surface area contributed by atoms with Crippen molar-refractivity contribution in [3.63, 3.8) is 0 Å². The molecule has 0 bridgehead atoms. The van der Waals surface area contributed by atoms with Gasteiger partial charge in [0.1, 0.15) is 0 Å². The van der Waals surface area contributed by atoms with Gasteiger partial charge in [-0.25, -0.2) is 0 Å². The van der Waals surface area contributed by atoms with Crippen molar-refractivity contribution in [3.05, 3.63) is 59.7 Å². The molecule has 3 nitrogen and oxygen atoms in total. The molecule has 0 saturated heterocycles. The van der Waals surface area contributed by atoms with Gasteiger partial charge in [-0.2, -0.15) is 0 Å². The van der Waals surface area contributed by atoms with Crippen LogP contribution in [-0.2, 0) is 12.0 Å². The molecule has 2 rings (SSSR count). The normalized spacial score (nSPS) is 10.6. The van der Waals surface area contributed by atoms with Crippen molar-refractivity contribution >= 4 is 19.5 Å². The number of rotatable bonds is 6. The Balaban J connectivity index is 1.93. The van der Waals surface area contributed by atoms with E-state index in [2.05, 4.69) is 0 Å². The Kier molecular flexibility index (Phi) is 5.58. The molecule has 0 saturated carbocycles. The Morgan fingerprint density at radius 1 is 0.750 bits per heavy atom. The van der Waals surface area contributed by atoms with Gasteiger partial charge in [0.2, 0.25) is 0 Å². The molecule has 0 spiro atoms. The second-order valence-corrected chi connectivity index (χ2v) is 8.58. The van der Waals surface area contributed by atoms with Crippen LogP contribution in [0, 0.1) is 0 Å². The fourth-order valence-electron chi connectivity index (χ4n) is 1.87. The predicted molar refractivity (Wildman–Crippen MR) is 79.8 cm³/mol. The average molecular weight is 386 g/mol. The summed E-state index contributed by atoms with van der Waals surface area (Å²) in [4.78, 5) is 0. The van der Waals surface area contributed by atoms with Gasteiger partial charge in [-0.1, -0.05) is 0 Å². The Morgan fingerprint density at radius 3 is 1.40 bits per heavy atom. The van der Waals surface area contributed by atoms with Crippen LogP contribution in [0.15, 0.2) is 48.5 Å². The Morgan fingerprint density at radius 2 is 1.10 bits per heavy atom. The van der Waals surface area contributed by atoms with E-state index in [0.717, 1.165) is 22.6 Å². The van der Waals surface area contributed by atoms with Crippen LogP contribution in [0.3, 0.4) is 0 Å². The predicted octanol–water partition coefficient (Wildman–Crippen LogP) is 2.99. The van der Waals surface area contributed by atoms with E-state index in [1.807, 2.05) is 48.5 Å². The third-order valence-electron chi connectivity index (χ3n) is 2.97. The van der Waals surface area contributed by atoms with E-state index in [1.165, 1.54) is 0 Å². The van der Waals surface area contributed by atoms with Gasteiger partial charge < -0.3 is 0 Å². The van der Waals surface area contributed by atoms with Crippen LogP contribution >= 0.6 is 0 Å². The number of hydrogen-bond acceptors (Lipinski definition) is 3. The molecule has 106 valence electrons. The Labute approximate surface area is 126 Å². The van der Waals surface area contributed by atoms with Crippen molar-refractivity contribution in [2.45, 2.75) is 8.94 Å². The SMILES string of the molecule is COc1ccc(C[Te](=O)Cc2ccc(OC)cc2)cc1. The van der Waals surface area contributed by atoms with E-state index >= 15 is 0 Å². The Hall–Kier alpha value is -1.37. The molecule has 0 N–H and O–H groups in total. The molecule has 0 atom stereocenters. The zero-order valence-electron chi connectivity index (χ0n) is 11.7. The topological polar surface area (TPSA) is 35.5 Å². The van der Waals surface area contributed by atoms with Crippen LogP contribution in [0.2, 0.25) is 0 Å². The summed E-state index contributed by atoms with van der Waals surface area (Å²) in [5, 5.41) is 0. The third-order valence-corrected chi connectivity index (χ3v) is 6.71. The molecule has 0 amide bonds. The van der Waals surface area contributed by atoms with Crippen molar-refractivity contribution in [2.75, 3.05) is 14.2 Å². The van der Waals surface area contributed by atoms with Gasteiger partial charge in [0.05, 0.1) is 0 Å². The summed E-state index contributed by atoms with van der Waals surface area (Å²) in [6.07, 6.45) is 0. The quantitative estimate of drug-likeness (QED) is 0.717. The van der Waals surface area contributed by atoms with Gasteiger partial charge >= 0.3 is 126 Å². The number of benzene rings is 2. The van der Waals surface area contributed by atoms with Crippen molar-refractivity contribution in [1.29, 1.82) is 0 Å². The van der Waals surface area contributed by atoms with E-state index in [4.69, 9.17) is 9.47 Å². The molecule has 2 aromatic carbocycles. The summed E-state index contributed by atoms with van der Waals surface area (Å²) in [5.41, 5.74) is 2.23. The minimum atomic E-state index is -2.35. The van der Waals surface area contributed by atoms with E-state index in [9.17, 15) is 3.10 Å². The van der Waals surface area contributed by atoms with E-state index in [1.54, 1.807) is 14.2 Å². The van der Waals surface area contributed by atoms with Gasteiger partial charge in [-0.3, -0.25) is 0 Å². The first kappa shape index (κ1) is 15.0. The molecular weight excluding hydrogens is 368 g/mol. The van der Waals surface area contributed by atoms with E-state index in [0.29, 0.717) is 8.94 Å². The third kappa shape index (κ3) is 4.33.